The lowest BCUT2D eigenvalue weighted by atomic mass is 10.0. The lowest BCUT2D eigenvalue weighted by Gasteiger charge is -2.09. The van der Waals surface area contributed by atoms with Crippen LogP contribution in [0.4, 0.5) is 0 Å². The lowest BCUT2D eigenvalue weighted by molar-refractivity contribution is 0.411. The Hall–Kier alpha value is -1.76. The number of methoxy groups -OCH3 is 1. The molecule has 0 aromatic heterocycles. The van der Waals surface area contributed by atoms with Crippen molar-refractivity contribution in [1.82, 2.24) is 0 Å². The van der Waals surface area contributed by atoms with E-state index in [0.29, 0.717) is 11.8 Å². The van der Waals surface area contributed by atoms with Crippen molar-refractivity contribution in [3.63, 3.8) is 0 Å². The van der Waals surface area contributed by atoms with Crippen LogP contribution in [0.2, 0.25) is 0 Å². The van der Waals surface area contributed by atoms with Gasteiger partial charge in [0.15, 0.2) is 0 Å². The monoisotopic (exact) mass is 314 g/mol. The van der Waals surface area contributed by atoms with Crippen molar-refractivity contribution in [3.05, 3.63) is 65.2 Å². The van der Waals surface area contributed by atoms with E-state index < -0.39 is 0 Å². The zero-order valence-electron chi connectivity index (χ0n) is 16.2. The summed E-state index contributed by atoms with van der Waals surface area (Å²) < 4.78 is 5.24. The first-order chi connectivity index (χ1) is 11.0. The summed E-state index contributed by atoms with van der Waals surface area (Å²) in [5.41, 5.74) is 3.94. The molecule has 0 aliphatic heterocycles. The number of ether oxygens (including phenoxy) is 1. The summed E-state index contributed by atoms with van der Waals surface area (Å²) in [6.45, 7) is 14.8. The Morgan fingerprint density at radius 1 is 0.739 bits per heavy atom. The molecule has 1 nitrogen and oxygen atoms in total. The summed E-state index contributed by atoms with van der Waals surface area (Å²) in [5, 5.41) is 0. The molecule has 1 heteroatoms. The van der Waals surface area contributed by atoms with Gasteiger partial charge in [0.25, 0.3) is 0 Å². The van der Waals surface area contributed by atoms with Gasteiger partial charge in [-0.25, -0.2) is 0 Å². The van der Waals surface area contributed by atoms with Crippen LogP contribution in [0.5, 0.6) is 5.75 Å². The summed E-state index contributed by atoms with van der Waals surface area (Å²) in [4.78, 5) is 0. The first-order valence-corrected chi connectivity index (χ1v) is 8.65. The first kappa shape index (κ1) is 21.2. The molecule has 0 fully saturated rings. The first-order valence-electron chi connectivity index (χ1n) is 8.65. The molecule has 0 saturated heterocycles. The molecule has 0 atom stereocenters. The number of aryl methyl sites for hydroxylation is 1. The van der Waals surface area contributed by atoms with E-state index in [1.54, 1.807) is 7.11 Å². The third-order valence-electron chi connectivity index (χ3n) is 3.57. The van der Waals surface area contributed by atoms with Gasteiger partial charge in [0.05, 0.1) is 7.11 Å². The Labute approximate surface area is 143 Å². The van der Waals surface area contributed by atoms with Crippen LogP contribution in [0.25, 0.3) is 0 Å². The second-order valence-corrected chi connectivity index (χ2v) is 5.95. The highest BCUT2D eigenvalue weighted by Gasteiger charge is 2.02. The maximum Gasteiger partial charge on any atom is 0.122 e. The summed E-state index contributed by atoms with van der Waals surface area (Å²) in [5.74, 6) is 2.21. The van der Waals surface area contributed by atoms with E-state index >= 15 is 0 Å². The maximum atomic E-state index is 5.24. The van der Waals surface area contributed by atoms with E-state index in [-0.39, 0.29) is 0 Å². The highest BCUT2D eigenvalue weighted by Crippen LogP contribution is 2.23. The normalized spacial score (nSPS) is 9.65. The SMILES string of the molecule is CC.CC(C)c1ccccc1.COc1cc(C(C)C)ccc1C. The van der Waals surface area contributed by atoms with E-state index in [9.17, 15) is 0 Å². The predicted octanol–water partition coefficient (Wildman–Crippen LogP) is 6.96. The number of hydrogen-bond donors (Lipinski definition) is 0. The molecule has 0 amide bonds. The van der Waals surface area contributed by atoms with Gasteiger partial charge in [-0.15, -0.1) is 0 Å². The van der Waals surface area contributed by atoms with Crippen LogP contribution >= 0.6 is 0 Å². The highest BCUT2D eigenvalue weighted by atomic mass is 16.5. The van der Waals surface area contributed by atoms with Crippen molar-refractivity contribution >= 4 is 0 Å². The molecule has 2 aromatic rings. The third-order valence-corrected chi connectivity index (χ3v) is 3.57. The van der Waals surface area contributed by atoms with Crippen molar-refractivity contribution in [2.75, 3.05) is 7.11 Å². The minimum absolute atomic E-state index is 0.569. The molecular weight excluding hydrogens is 280 g/mol. The van der Waals surface area contributed by atoms with E-state index in [2.05, 4.69) is 77.1 Å². The molecule has 0 unspecified atom stereocenters. The van der Waals surface area contributed by atoms with Crippen LogP contribution in [0.15, 0.2) is 48.5 Å². The smallest absolute Gasteiger partial charge is 0.122 e. The van der Waals surface area contributed by atoms with Crippen LogP contribution < -0.4 is 4.74 Å². The zero-order valence-corrected chi connectivity index (χ0v) is 16.2. The Kier molecular flexibility index (Phi) is 10.9. The zero-order chi connectivity index (χ0) is 17.8. The molecule has 0 radical (unpaired) electrons. The van der Waals surface area contributed by atoms with Crippen molar-refractivity contribution in [2.24, 2.45) is 0 Å². The third kappa shape index (κ3) is 7.88. The van der Waals surface area contributed by atoms with Gasteiger partial charge in [-0.2, -0.15) is 0 Å². The van der Waals surface area contributed by atoms with Gasteiger partial charge in [0, 0.05) is 0 Å². The van der Waals surface area contributed by atoms with Crippen LogP contribution in [0, 0.1) is 6.92 Å². The molecule has 23 heavy (non-hydrogen) atoms. The topological polar surface area (TPSA) is 9.23 Å². The second kappa shape index (κ2) is 11.8. The second-order valence-electron chi connectivity index (χ2n) is 5.95. The van der Waals surface area contributed by atoms with Crippen LogP contribution in [-0.4, -0.2) is 7.11 Å². The fourth-order valence-corrected chi connectivity index (χ4v) is 2.03. The standard InChI is InChI=1S/C11H16O.C9H12.C2H6/c1-8(2)10-6-5-9(3)11(7-10)12-4;1-8(2)9-6-4-3-5-7-9;1-2/h5-8H,1-4H3;3-8H,1-2H3;1-2H3. The molecule has 0 heterocycles. The molecular formula is C22H34O. The molecule has 0 aliphatic carbocycles. The van der Waals surface area contributed by atoms with Gasteiger partial charge in [-0.05, 0) is 41.5 Å². The number of rotatable bonds is 3. The van der Waals surface area contributed by atoms with Crippen molar-refractivity contribution in [2.45, 2.75) is 60.3 Å². The van der Waals surface area contributed by atoms with E-state index in [1.165, 1.54) is 16.7 Å². The number of benzene rings is 2. The predicted molar refractivity (Wildman–Crippen MR) is 104 cm³/mol. The molecule has 0 aliphatic rings. The van der Waals surface area contributed by atoms with E-state index in [0.717, 1.165) is 5.75 Å². The molecule has 128 valence electrons. The molecule has 0 spiro atoms. The van der Waals surface area contributed by atoms with Gasteiger partial charge < -0.3 is 4.74 Å². The summed E-state index contributed by atoms with van der Waals surface area (Å²) in [6, 6.07) is 16.9. The van der Waals surface area contributed by atoms with E-state index in [1.807, 2.05) is 19.9 Å². The molecule has 0 bridgehead atoms. The van der Waals surface area contributed by atoms with Gasteiger partial charge in [0.1, 0.15) is 5.75 Å². The van der Waals surface area contributed by atoms with Crippen LogP contribution in [0.3, 0.4) is 0 Å². The Balaban J connectivity index is 0.000000392. The average Bonchev–Trinajstić information content (AvgIpc) is 2.58. The Morgan fingerprint density at radius 2 is 1.26 bits per heavy atom. The summed E-state index contributed by atoms with van der Waals surface area (Å²) in [6.07, 6.45) is 0. The Morgan fingerprint density at radius 3 is 1.65 bits per heavy atom. The molecule has 2 aromatic carbocycles. The summed E-state index contributed by atoms with van der Waals surface area (Å²) >= 11 is 0. The van der Waals surface area contributed by atoms with Crippen LogP contribution in [0.1, 0.15) is 70.1 Å². The molecule has 0 N–H and O–H groups in total. The molecule has 0 saturated carbocycles. The van der Waals surface area contributed by atoms with Gasteiger partial charge >= 0.3 is 0 Å². The van der Waals surface area contributed by atoms with Crippen molar-refractivity contribution < 1.29 is 4.74 Å². The van der Waals surface area contributed by atoms with Gasteiger partial charge in [-0.3, -0.25) is 0 Å². The minimum Gasteiger partial charge on any atom is -0.496 e. The quantitative estimate of drug-likeness (QED) is 0.594. The average molecular weight is 315 g/mol. The van der Waals surface area contributed by atoms with Gasteiger partial charge in [-0.1, -0.05) is 84.0 Å². The van der Waals surface area contributed by atoms with Gasteiger partial charge in [0.2, 0.25) is 0 Å². The van der Waals surface area contributed by atoms with Crippen molar-refractivity contribution in [3.8, 4) is 5.75 Å². The number of hydrogen-bond acceptors (Lipinski definition) is 1. The highest BCUT2D eigenvalue weighted by molar-refractivity contribution is 5.37. The fourth-order valence-electron chi connectivity index (χ4n) is 2.03. The minimum atomic E-state index is 0.569. The largest absolute Gasteiger partial charge is 0.496 e. The molecule has 2 rings (SSSR count). The lowest BCUT2D eigenvalue weighted by Crippen LogP contribution is -1.91. The van der Waals surface area contributed by atoms with Crippen molar-refractivity contribution in [1.29, 1.82) is 0 Å². The van der Waals surface area contributed by atoms with E-state index in [4.69, 9.17) is 4.74 Å². The fraction of sp³-hybridized carbons (Fsp3) is 0.455. The maximum absolute atomic E-state index is 5.24. The summed E-state index contributed by atoms with van der Waals surface area (Å²) in [7, 11) is 1.71. The Bertz CT molecular complexity index is 527. The van der Waals surface area contributed by atoms with Crippen LogP contribution in [-0.2, 0) is 0 Å².